The predicted molar refractivity (Wildman–Crippen MR) is 77.3 cm³/mol. The van der Waals surface area contributed by atoms with Gasteiger partial charge in [0.05, 0.1) is 11.0 Å². The molecule has 0 aliphatic rings. The highest BCUT2D eigenvalue weighted by Crippen LogP contribution is 2.31. The summed E-state index contributed by atoms with van der Waals surface area (Å²) in [7, 11) is 1.76. The molecule has 0 saturated carbocycles. The van der Waals surface area contributed by atoms with Gasteiger partial charge in [0.25, 0.3) is 5.69 Å². The van der Waals surface area contributed by atoms with Crippen molar-refractivity contribution in [1.82, 2.24) is 5.32 Å². The van der Waals surface area contributed by atoms with Gasteiger partial charge in [-0.3, -0.25) is 10.1 Å². The third-order valence-electron chi connectivity index (χ3n) is 2.74. The molecule has 0 aliphatic heterocycles. The first-order chi connectivity index (χ1) is 10.0. The summed E-state index contributed by atoms with van der Waals surface area (Å²) in [5.41, 5.74) is 0.425. The minimum atomic E-state index is -0.797. The lowest BCUT2D eigenvalue weighted by Crippen LogP contribution is -2.06. The van der Waals surface area contributed by atoms with Gasteiger partial charge < -0.3 is 10.1 Å². The number of hydrogen-bond donors (Lipinski definition) is 1. The van der Waals surface area contributed by atoms with E-state index in [1.165, 1.54) is 12.1 Å². The van der Waals surface area contributed by atoms with Crippen LogP contribution in [0.5, 0.6) is 11.5 Å². The molecule has 0 amide bonds. The average Bonchev–Trinajstić information content (AvgIpc) is 2.43. The van der Waals surface area contributed by atoms with E-state index in [2.05, 4.69) is 5.32 Å². The summed E-state index contributed by atoms with van der Waals surface area (Å²) in [5.74, 6) is -0.448. The quantitative estimate of drug-likeness (QED) is 0.672. The van der Waals surface area contributed by atoms with Crippen molar-refractivity contribution >= 4 is 17.3 Å². The number of halogens is 2. The molecular formula is C14H12ClFN2O3. The van der Waals surface area contributed by atoms with Crippen molar-refractivity contribution < 1.29 is 14.1 Å². The molecule has 0 heterocycles. The molecule has 0 fully saturated rings. The maximum atomic E-state index is 13.8. The minimum absolute atomic E-state index is 0.0831. The molecule has 0 radical (unpaired) electrons. The van der Waals surface area contributed by atoms with Gasteiger partial charge in [-0.05, 0) is 31.3 Å². The molecule has 21 heavy (non-hydrogen) atoms. The Kier molecular flexibility index (Phi) is 4.72. The van der Waals surface area contributed by atoms with Gasteiger partial charge in [-0.25, -0.2) is 4.39 Å². The SMILES string of the molecule is CNCc1cc(Cl)ccc1Oc1ccc([N+](=O)[O-])cc1F. The molecular weight excluding hydrogens is 299 g/mol. The second-order valence-electron chi connectivity index (χ2n) is 4.26. The van der Waals surface area contributed by atoms with Crippen LogP contribution in [0.4, 0.5) is 10.1 Å². The Morgan fingerprint density at radius 1 is 1.29 bits per heavy atom. The number of hydrogen-bond acceptors (Lipinski definition) is 4. The lowest BCUT2D eigenvalue weighted by atomic mass is 10.2. The van der Waals surface area contributed by atoms with Crippen LogP contribution in [0.15, 0.2) is 36.4 Å². The van der Waals surface area contributed by atoms with Crippen molar-refractivity contribution in [2.75, 3.05) is 7.05 Å². The molecule has 0 bridgehead atoms. The Morgan fingerprint density at radius 3 is 2.62 bits per heavy atom. The summed E-state index contributed by atoms with van der Waals surface area (Å²) in [6.45, 7) is 0.491. The molecule has 2 rings (SSSR count). The van der Waals surface area contributed by atoms with Gasteiger partial charge in [0.2, 0.25) is 0 Å². The highest BCUT2D eigenvalue weighted by Gasteiger charge is 2.13. The van der Waals surface area contributed by atoms with Crippen molar-refractivity contribution in [2.24, 2.45) is 0 Å². The van der Waals surface area contributed by atoms with E-state index in [0.717, 1.165) is 11.6 Å². The zero-order valence-electron chi connectivity index (χ0n) is 11.1. The van der Waals surface area contributed by atoms with Gasteiger partial charge in [-0.15, -0.1) is 0 Å². The number of rotatable bonds is 5. The third-order valence-corrected chi connectivity index (χ3v) is 2.97. The molecule has 110 valence electrons. The third kappa shape index (κ3) is 3.68. The van der Waals surface area contributed by atoms with Crippen LogP contribution >= 0.6 is 11.6 Å². The molecule has 0 aliphatic carbocycles. The molecule has 1 N–H and O–H groups in total. The summed E-state index contributed by atoms with van der Waals surface area (Å²) in [6.07, 6.45) is 0. The van der Waals surface area contributed by atoms with Gasteiger partial charge in [-0.1, -0.05) is 11.6 Å². The maximum Gasteiger partial charge on any atom is 0.272 e. The Hall–Kier alpha value is -2.18. The molecule has 2 aromatic rings. The monoisotopic (exact) mass is 310 g/mol. The number of benzene rings is 2. The van der Waals surface area contributed by atoms with E-state index in [-0.39, 0.29) is 11.4 Å². The van der Waals surface area contributed by atoms with Crippen LogP contribution in [-0.2, 0) is 6.54 Å². The number of non-ortho nitro benzene ring substituents is 1. The standard InChI is InChI=1S/C14H12ClFN2O3/c1-17-8-9-6-10(15)2-4-13(9)21-14-5-3-11(18(19)20)7-12(14)16/h2-7,17H,8H2,1H3. The molecule has 0 spiro atoms. The predicted octanol–water partition coefficient (Wildman–Crippen LogP) is 3.90. The Bertz CT molecular complexity index is 679. The summed E-state index contributed by atoms with van der Waals surface area (Å²) in [4.78, 5) is 9.91. The van der Waals surface area contributed by atoms with Gasteiger partial charge in [0, 0.05) is 23.2 Å². The summed E-state index contributed by atoms with van der Waals surface area (Å²) in [5, 5.41) is 14.1. The van der Waals surface area contributed by atoms with Crippen LogP contribution in [0.1, 0.15) is 5.56 Å². The number of nitrogens with one attached hydrogen (secondary N) is 1. The van der Waals surface area contributed by atoms with E-state index in [0.29, 0.717) is 17.3 Å². The fraction of sp³-hybridized carbons (Fsp3) is 0.143. The van der Waals surface area contributed by atoms with Crippen LogP contribution in [0, 0.1) is 15.9 Å². The van der Waals surface area contributed by atoms with Crippen LogP contribution in [0.25, 0.3) is 0 Å². The average molecular weight is 311 g/mol. The number of ether oxygens (including phenoxy) is 1. The minimum Gasteiger partial charge on any atom is -0.454 e. The van der Waals surface area contributed by atoms with Crippen molar-refractivity contribution in [3.63, 3.8) is 0 Å². The topological polar surface area (TPSA) is 64.4 Å². The van der Waals surface area contributed by atoms with Crippen LogP contribution in [0.3, 0.4) is 0 Å². The van der Waals surface area contributed by atoms with Gasteiger partial charge in [0.15, 0.2) is 11.6 Å². The van der Waals surface area contributed by atoms with Crippen molar-refractivity contribution in [3.05, 3.63) is 62.9 Å². The van der Waals surface area contributed by atoms with E-state index in [4.69, 9.17) is 16.3 Å². The van der Waals surface area contributed by atoms with Gasteiger partial charge in [0.1, 0.15) is 5.75 Å². The first kappa shape index (κ1) is 15.2. The Labute approximate surface area is 125 Å². The summed E-state index contributed by atoms with van der Waals surface area (Å²) in [6, 6.07) is 8.19. The highest BCUT2D eigenvalue weighted by atomic mass is 35.5. The van der Waals surface area contributed by atoms with Crippen LogP contribution < -0.4 is 10.1 Å². The van der Waals surface area contributed by atoms with Gasteiger partial charge >= 0.3 is 0 Å². The molecule has 0 aromatic heterocycles. The number of nitro groups is 1. The zero-order chi connectivity index (χ0) is 15.4. The second-order valence-corrected chi connectivity index (χ2v) is 4.69. The van der Waals surface area contributed by atoms with Crippen molar-refractivity contribution in [1.29, 1.82) is 0 Å². The van der Waals surface area contributed by atoms with E-state index in [1.54, 1.807) is 25.2 Å². The lowest BCUT2D eigenvalue weighted by Gasteiger charge is -2.12. The van der Waals surface area contributed by atoms with Crippen molar-refractivity contribution in [3.8, 4) is 11.5 Å². The zero-order valence-corrected chi connectivity index (χ0v) is 11.9. The Balaban J connectivity index is 2.32. The molecule has 7 heteroatoms. The lowest BCUT2D eigenvalue weighted by molar-refractivity contribution is -0.385. The summed E-state index contributed by atoms with van der Waals surface area (Å²) < 4.78 is 19.3. The fourth-order valence-corrected chi connectivity index (χ4v) is 1.98. The first-order valence-electron chi connectivity index (χ1n) is 6.06. The molecule has 0 unspecified atom stereocenters. The Morgan fingerprint density at radius 2 is 2.00 bits per heavy atom. The molecule has 2 aromatic carbocycles. The molecule has 0 atom stereocenters. The largest absolute Gasteiger partial charge is 0.454 e. The maximum absolute atomic E-state index is 13.8. The van der Waals surface area contributed by atoms with Crippen LogP contribution in [-0.4, -0.2) is 12.0 Å². The fourth-order valence-electron chi connectivity index (χ4n) is 1.78. The normalized spacial score (nSPS) is 10.4. The van der Waals surface area contributed by atoms with Gasteiger partial charge in [-0.2, -0.15) is 0 Å². The van der Waals surface area contributed by atoms with E-state index >= 15 is 0 Å². The summed E-state index contributed by atoms with van der Waals surface area (Å²) >= 11 is 5.91. The van der Waals surface area contributed by atoms with E-state index in [1.807, 2.05) is 0 Å². The second kappa shape index (κ2) is 6.51. The highest BCUT2D eigenvalue weighted by molar-refractivity contribution is 6.30. The first-order valence-corrected chi connectivity index (χ1v) is 6.44. The van der Waals surface area contributed by atoms with E-state index in [9.17, 15) is 14.5 Å². The number of nitro benzene ring substituents is 1. The molecule has 0 saturated heterocycles. The number of nitrogens with zero attached hydrogens (tertiary/aromatic N) is 1. The van der Waals surface area contributed by atoms with E-state index < -0.39 is 10.7 Å². The smallest absolute Gasteiger partial charge is 0.272 e. The van der Waals surface area contributed by atoms with Crippen LogP contribution in [0.2, 0.25) is 5.02 Å². The molecule has 5 nitrogen and oxygen atoms in total. The van der Waals surface area contributed by atoms with Crippen molar-refractivity contribution in [2.45, 2.75) is 6.54 Å².